The smallest absolute Gasteiger partial charge is 0.387 e. The first kappa shape index (κ1) is 26.3. The van der Waals surface area contributed by atoms with Crippen LogP contribution in [0.3, 0.4) is 0 Å². The first-order chi connectivity index (χ1) is 17.8. The molecule has 0 saturated carbocycles. The number of benzene rings is 4. The summed E-state index contributed by atoms with van der Waals surface area (Å²) in [5, 5.41) is 0.770. The fraction of sp³-hybridized carbons (Fsp3) is 0.200. The third-order valence-corrected chi connectivity index (χ3v) is 6.16. The van der Waals surface area contributed by atoms with Crippen molar-refractivity contribution >= 4 is 10.8 Å². The predicted molar refractivity (Wildman–Crippen MR) is 133 cm³/mol. The van der Waals surface area contributed by atoms with Gasteiger partial charge in [-0.25, -0.2) is 17.6 Å². The summed E-state index contributed by atoms with van der Waals surface area (Å²) >= 11 is 0. The fourth-order valence-corrected chi connectivity index (χ4v) is 4.32. The van der Waals surface area contributed by atoms with E-state index in [-0.39, 0.29) is 23.8 Å². The molecule has 0 aliphatic rings. The van der Waals surface area contributed by atoms with Crippen molar-refractivity contribution in [3.05, 3.63) is 113 Å². The van der Waals surface area contributed by atoms with E-state index >= 15 is 4.39 Å². The van der Waals surface area contributed by atoms with Gasteiger partial charge in [0.2, 0.25) is 0 Å². The molecule has 0 aromatic heterocycles. The van der Waals surface area contributed by atoms with E-state index in [1.807, 2.05) is 19.1 Å². The third kappa shape index (κ3) is 6.16. The predicted octanol–water partition coefficient (Wildman–Crippen LogP) is 8.96. The Hall–Kier alpha value is -3.74. The quantitative estimate of drug-likeness (QED) is 0.160. The van der Waals surface area contributed by atoms with Crippen LogP contribution in [0.4, 0.5) is 26.3 Å². The van der Waals surface area contributed by atoms with Crippen molar-refractivity contribution in [2.24, 2.45) is 0 Å². The first-order valence-corrected chi connectivity index (χ1v) is 11.8. The molecule has 0 atom stereocenters. The molecule has 7 heteroatoms. The normalized spacial score (nSPS) is 11.7. The topological polar surface area (TPSA) is 9.23 Å². The maximum absolute atomic E-state index is 15.2. The van der Waals surface area contributed by atoms with Crippen molar-refractivity contribution in [3.8, 4) is 16.9 Å². The van der Waals surface area contributed by atoms with E-state index < -0.39 is 35.6 Å². The maximum Gasteiger partial charge on any atom is 0.387 e. The van der Waals surface area contributed by atoms with Gasteiger partial charge in [-0.2, -0.15) is 8.78 Å². The zero-order valence-corrected chi connectivity index (χ0v) is 20.0. The van der Waals surface area contributed by atoms with E-state index in [9.17, 15) is 22.0 Å². The summed E-state index contributed by atoms with van der Waals surface area (Å²) < 4.78 is 87.5. The minimum atomic E-state index is -3.13. The van der Waals surface area contributed by atoms with E-state index in [1.165, 1.54) is 30.3 Å². The molecule has 0 aliphatic carbocycles. The van der Waals surface area contributed by atoms with Gasteiger partial charge in [-0.05, 0) is 90.6 Å². The summed E-state index contributed by atoms with van der Waals surface area (Å²) in [7, 11) is 0. The van der Waals surface area contributed by atoms with Crippen molar-refractivity contribution in [1.29, 1.82) is 0 Å². The number of halogens is 6. The second-order valence-electron chi connectivity index (χ2n) is 8.66. The van der Waals surface area contributed by atoms with Gasteiger partial charge in [-0.1, -0.05) is 42.5 Å². The lowest BCUT2D eigenvalue weighted by molar-refractivity contribution is -0.0522. The lowest BCUT2D eigenvalue weighted by atomic mass is 9.95. The van der Waals surface area contributed by atoms with Gasteiger partial charge in [-0.15, -0.1) is 0 Å². The highest BCUT2D eigenvalue weighted by Crippen LogP contribution is 2.32. The van der Waals surface area contributed by atoms with E-state index in [4.69, 9.17) is 0 Å². The Morgan fingerprint density at radius 3 is 2.16 bits per heavy atom. The highest BCUT2D eigenvalue weighted by atomic mass is 19.3. The summed E-state index contributed by atoms with van der Waals surface area (Å²) in [6, 6.07) is 14.0. The number of fused-ring (bicyclic) bond motifs is 1. The summed E-state index contributed by atoms with van der Waals surface area (Å²) in [6.45, 7) is -1.25. The molecule has 192 valence electrons. The van der Waals surface area contributed by atoms with Gasteiger partial charge in [0, 0.05) is 5.39 Å². The molecule has 0 saturated heterocycles. The molecular formula is C30H24F6O. The Morgan fingerprint density at radius 1 is 0.757 bits per heavy atom. The van der Waals surface area contributed by atoms with Gasteiger partial charge in [0.25, 0.3) is 0 Å². The second kappa shape index (κ2) is 11.5. The Labute approximate surface area is 211 Å². The fourth-order valence-electron chi connectivity index (χ4n) is 4.32. The van der Waals surface area contributed by atoms with Crippen LogP contribution in [-0.4, -0.2) is 6.61 Å². The standard InChI is InChI=1S/C30H24F6O/c1-2-3-4-5-19-15-25(32)28(26(33)16-19)22-11-12-23-21(17-22)10-9-20(29(23)34)8-6-18-7-13-27(24(31)14-18)37-30(35)36/h2-3,7,9-17,30H,4-6,8H2,1H3/b3-2+. The van der Waals surface area contributed by atoms with Crippen LogP contribution in [0.1, 0.15) is 30.0 Å². The first-order valence-electron chi connectivity index (χ1n) is 11.8. The molecule has 4 rings (SSSR count). The highest BCUT2D eigenvalue weighted by Gasteiger charge is 2.16. The zero-order valence-electron chi connectivity index (χ0n) is 20.0. The highest BCUT2D eigenvalue weighted by molar-refractivity contribution is 5.88. The average molecular weight is 515 g/mol. The van der Waals surface area contributed by atoms with Crippen LogP contribution in [0.15, 0.2) is 72.8 Å². The Morgan fingerprint density at radius 2 is 1.49 bits per heavy atom. The Bertz CT molecular complexity index is 1420. The minimum absolute atomic E-state index is 0.164. The van der Waals surface area contributed by atoms with Crippen LogP contribution >= 0.6 is 0 Å². The van der Waals surface area contributed by atoms with Crippen molar-refractivity contribution < 1.29 is 31.1 Å². The number of hydrogen-bond donors (Lipinski definition) is 0. The lowest BCUT2D eigenvalue weighted by Gasteiger charge is -2.11. The van der Waals surface area contributed by atoms with Crippen LogP contribution in [-0.2, 0) is 19.3 Å². The van der Waals surface area contributed by atoms with Crippen LogP contribution in [0, 0.1) is 23.3 Å². The molecule has 0 amide bonds. The molecule has 0 fully saturated rings. The molecule has 0 aliphatic heterocycles. The van der Waals surface area contributed by atoms with Gasteiger partial charge in [0.1, 0.15) is 17.5 Å². The van der Waals surface area contributed by atoms with Crippen LogP contribution < -0.4 is 4.74 Å². The Kier molecular flexibility index (Phi) is 8.21. The number of aryl methyl sites for hydroxylation is 3. The van der Waals surface area contributed by atoms with Crippen LogP contribution in [0.5, 0.6) is 5.75 Å². The number of ether oxygens (including phenoxy) is 1. The maximum atomic E-state index is 15.2. The van der Waals surface area contributed by atoms with Gasteiger partial charge in [-0.3, -0.25) is 0 Å². The van der Waals surface area contributed by atoms with Crippen LogP contribution in [0.25, 0.3) is 21.9 Å². The van der Waals surface area contributed by atoms with Crippen LogP contribution in [0.2, 0.25) is 0 Å². The van der Waals surface area contributed by atoms with E-state index in [0.717, 1.165) is 12.1 Å². The minimum Gasteiger partial charge on any atom is -0.432 e. The van der Waals surface area contributed by atoms with Gasteiger partial charge < -0.3 is 4.74 Å². The summed E-state index contributed by atoms with van der Waals surface area (Å²) in [5.74, 6) is -3.31. The average Bonchev–Trinajstić information content (AvgIpc) is 2.85. The molecule has 0 unspecified atom stereocenters. The van der Waals surface area contributed by atoms with Crippen molar-refractivity contribution in [2.45, 2.75) is 39.2 Å². The molecule has 0 radical (unpaired) electrons. The molecule has 0 spiro atoms. The van der Waals surface area contributed by atoms with E-state index in [0.29, 0.717) is 40.5 Å². The molecule has 0 bridgehead atoms. The van der Waals surface area contributed by atoms with Gasteiger partial charge in [0.15, 0.2) is 11.6 Å². The summed E-state index contributed by atoms with van der Waals surface area (Å²) in [4.78, 5) is 0. The number of allylic oxidation sites excluding steroid dienone is 2. The van der Waals surface area contributed by atoms with E-state index in [2.05, 4.69) is 4.74 Å². The molecular weight excluding hydrogens is 490 g/mol. The molecule has 4 aromatic carbocycles. The molecule has 1 nitrogen and oxygen atoms in total. The van der Waals surface area contributed by atoms with Gasteiger partial charge >= 0.3 is 6.61 Å². The van der Waals surface area contributed by atoms with Gasteiger partial charge in [0.05, 0.1) is 5.56 Å². The molecule has 0 heterocycles. The second-order valence-corrected chi connectivity index (χ2v) is 8.66. The monoisotopic (exact) mass is 514 g/mol. The molecule has 37 heavy (non-hydrogen) atoms. The summed E-state index contributed by atoms with van der Waals surface area (Å²) in [5.41, 5.74) is 1.56. The summed E-state index contributed by atoms with van der Waals surface area (Å²) in [6.07, 6.45) is 5.51. The lowest BCUT2D eigenvalue weighted by Crippen LogP contribution is -2.04. The third-order valence-electron chi connectivity index (χ3n) is 6.16. The largest absolute Gasteiger partial charge is 0.432 e. The van der Waals surface area contributed by atoms with Crippen molar-refractivity contribution in [3.63, 3.8) is 0 Å². The Balaban J connectivity index is 1.54. The zero-order chi connectivity index (χ0) is 26.5. The molecule has 0 N–H and O–H groups in total. The molecule has 4 aromatic rings. The SMILES string of the molecule is C/C=C/CCc1cc(F)c(-c2ccc3c(F)c(CCc4ccc(OC(F)F)c(F)c4)ccc3c2)c(F)c1. The van der Waals surface area contributed by atoms with E-state index in [1.54, 1.807) is 18.2 Å². The number of hydrogen-bond acceptors (Lipinski definition) is 1. The number of rotatable bonds is 9. The van der Waals surface area contributed by atoms with Crippen molar-refractivity contribution in [2.75, 3.05) is 0 Å². The number of alkyl halides is 2. The van der Waals surface area contributed by atoms with Crippen molar-refractivity contribution in [1.82, 2.24) is 0 Å².